The topological polar surface area (TPSA) is 83.6 Å². The number of hydrogen-bond donors (Lipinski definition) is 1. The lowest BCUT2D eigenvalue weighted by atomic mass is 10.1. The van der Waals surface area contributed by atoms with Crippen LogP contribution in [-0.2, 0) is 25.8 Å². The zero-order chi connectivity index (χ0) is 18.9. The van der Waals surface area contributed by atoms with E-state index >= 15 is 0 Å². The first-order valence-corrected chi connectivity index (χ1v) is 11.1. The summed E-state index contributed by atoms with van der Waals surface area (Å²) in [6.45, 7) is 4.36. The lowest BCUT2D eigenvalue weighted by Crippen LogP contribution is -2.42. The molecule has 1 aliphatic heterocycles. The number of rotatable bonds is 6. The summed E-state index contributed by atoms with van der Waals surface area (Å²) in [7, 11) is -3.04. The molecule has 2 aliphatic rings. The summed E-state index contributed by atoms with van der Waals surface area (Å²) in [5.41, 5.74) is 1.86. The monoisotopic (exact) mass is 378 g/mol. The van der Waals surface area contributed by atoms with Crippen LogP contribution in [0.3, 0.4) is 0 Å². The lowest BCUT2D eigenvalue weighted by molar-refractivity contribution is -0.135. The van der Waals surface area contributed by atoms with E-state index in [1.54, 1.807) is 4.90 Å². The van der Waals surface area contributed by atoms with Crippen molar-refractivity contribution in [3.8, 4) is 0 Å². The van der Waals surface area contributed by atoms with Gasteiger partial charge in [-0.25, -0.2) is 8.42 Å². The smallest absolute Gasteiger partial charge is 0.228 e. The van der Waals surface area contributed by atoms with Gasteiger partial charge in [0, 0.05) is 18.3 Å². The molecule has 0 radical (unpaired) electrons. The normalized spacial score (nSPS) is 26.3. The van der Waals surface area contributed by atoms with Crippen molar-refractivity contribution in [3.05, 3.63) is 29.8 Å². The minimum Gasteiger partial charge on any atom is -0.339 e. The first-order chi connectivity index (χ1) is 12.4. The van der Waals surface area contributed by atoms with Crippen molar-refractivity contribution in [1.29, 1.82) is 0 Å². The average Bonchev–Trinajstić information content (AvgIpc) is 3.34. The van der Waals surface area contributed by atoms with E-state index in [4.69, 9.17) is 0 Å². The molecule has 1 aliphatic carbocycles. The molecule has 6 nitrogen and oxygen atoms in total. The number of anilines is 1. The fraction of sp³-hybridized carbons (Fsp3) is 0.579. The van der Waals surface area contributed by atoms with E-state index in [0.29, 0.717) is 19.4 Å². The molecule has 0 bridgehead atoms. The molecule has 7 heteroatoms. The van der Waals surface area contributed by atoms with Crippen LogP contribution in [0.2, 0.25) is 0 Å². The Kier molecular flexibility index (Phi) is 5.37. The second kappa shape index (κ2) is 7.39. The van der Waals surface area contributed by atoms with Crippen LogP contribution in [0.15, 0.2) is 24.3 Å². The number of para-hydroxylation sites is 1. The number of hydrogen-bond acceptors (Lipinski definition) is 4. The van der Waals surface area contributed by atoms with Gasteiger partial charge in [0.1, 0.15) is 0 Å². The van der Waals surface area contributed by atoms with Gasteiger partial charge in [-0.15, -0.1) is 0 Å². The van der Waals surface area contributed by atoms with Gasteiger partial charge in [0.2, 0.25) is 11.8 Å². The molecule has 2 fully saturated rings. The molecule has 0 spiro atoms. The first kappa shape index (κ1) is 18.9. The molecule has 26 heavy (non-hydrogen) atoms. The fourth-order valence-electron chi connectivity index (χ4n) is 3.76. The summed E-state index contributed by atoms with van der Waals surface area (Å²) in [6, 6.07) is 7.42. The average molecular weight is 378 g/mol. The molecule has 2 amide bonds. The third-order valence-electron chi connectivity index (χ3n) is 5.37. The van der Waals surface area contributed by atoms with Gasteiger partial charge in [0.05, 0.1) is 23.3 Å². The Morgan fingerprint density at radius 1 is 1.19 bits per heavy atom. The number of carbonyl (C=O) groups excluding carboxylic acids is 2. The minimum absolute atomic E-state index is 0.0417. The number of carbonyl (C=O) groups is 2. The van der Waals surface area contributed by atoms with E-state index in [1.807, 2.05) is 38.1 Å². The third-order valence-corrected chi connectivity index (χ3v) is 7.12. The molecular weight excluding hydrogens is 352 g/mol. The maximum Gasteiger partial charge on any atom is 0.228 e. The van der Waals surface area contributed by atoms with E-state index in [2.05, 4.69) is 5.32 Å². The van der Waals surface area contributed by atoms with Crippen LogP contribution in [0, 0.1) is 11.8 Å². The second-order valence-corrected chi connectivity index (χ2v) is 9.36. The predicted octanol–water partition coefficient (Wildman–Crippen LogP) is 1.86. The van der Waals surface area contributed by atoms with Crippen molar-refractivity contribution in [2.75, 3.05) is 23.4 Å². The first-order valence-electron chi connectivity index (χ1n) is 9.26. The Balaban J connectivity index is 1.61. The van der Waals surface area contributed by atoms with Crippen molar-refractivity contribution in [1.82, 2.24) is 4.90 Å². The van der Waals surface area contributed by atoms with Crippen LogP contribution in [-0.4, -0.2) is 49.2 Å². The van der Waals surface area contributed by atoms with Gasteiger partial charge in [-0.05, 0) is 37.8 Å². The molecule has 1 aromatic rings. The highest BCUT2D eigenvalue weighted by molar-refractivity contribution is 7.91. The Morgan fingerprint density at radius 2 is 1.92 bits per heavy atom. The molecule has 1 aromatic carbocycles. The van der Waals surface area contributed by atoms with E-state index in [0.717, 1.165) is 17.7 Å². The summed E-state index contributed by atoms with van der Waals surface area (Å²) < 4.78 is 23.4. The maximum atomic E-state index is 12.8. The number of nitrogens with one attached hydrogen (secondary N) is 1. The summed E-state index contributed by atoms with van der Waals surface area (Å²) in [5.74, 6) is -0.673. The zero-order valence-corrected chi connectivity index (χ0v) is 16.1. The van der Waals surface area contributed by atoms with Crippen molar-refractivity contribution < 1.29 is 18.0 Å². The minimum atomic E-state index is -3.04. The quantitative estimate of drug-likeness (QED) is 0.819. The standard InChI is InChI=1S/C19H26N2O4S/c1-3-13-7-5-6-8-17(13)20-18(22)15-11-16(15)19(23)21(4-2)14-9-10-26(24,25)12-14/h5-8,14-16H,3-4,9-12H2,1-2H3,(H,20,22). The fourth-order valence-corrected chi connectivity index (χ4v) is 5.49. The molecule has 3 rings (SSSR count). The van der Waals surface area contributed by atoms with E-state index in [1.165, 1.54) is 0 Å². The highest BCUT2D eigenvalue weighted by atomic mass is 32.2. The van der Waals surface area contributed by atoms with Crippen molar-refractivity contribution >= 4 is 27.3 Å². The largest absolute Gasteiger partial charge is 0.339 e. The third kappa shape index (κ3) is 3.92. The molecular formula is C19H26N2O4S. The predicted molar refractivity (Wildman–Crippen MR) is 100 cm³/mol. The van der Waals surface area contributed by atoms with Crippen LogP contribution in [0.1, 0.15) is 32.3 Å². The Hall–Kier alpha value is -1.89. The summed E-state index contributed by atoms with van der Waals surface area (Å²) in [4.78, 5) is 26.9. The van der Waals surface area contributed by atoms with E-state index in [9.17, 15) is 18.0 Å². The molecule has 1 saturated carbocycles. The molecule has 1 saturated heterocycles. The summed E-state index contributed by atoms with van der Waals surface area (Å²) in [5, 5.41) is 2.94. The Morgan fingerprint density at radius 3 is 2.54 bits per heavy atom. The molecule has 3 atom stereocenters. The number of aryl methyl sites for hydroxylation is 1. The number of benzene rings is 1. The highest BCUT2D eigenvalue weighted by Gasteiger charge is 2.50. The maximum absolute atomic E-state index is 12.8. The lowest BCUT2D eigenvalue weighted by Gasteiger charge is -2.27. The van der Waals surface area contributed by atoms with Crippen molar-refractivity contribution in [2.24, 2.45) is 11.8 Å². The van der Waals surface area contributed by atoms with E-state index in [-0.39, 0.29) is 41.2 Å². The molecule has 142 valence electrons. The molecule has 0 aromatic heterocycles. The summed E-state index contributed by atoms with van der Waals surface area (Å²) in [6.07, 6.45) is 1.85. The van der Waals surface area contributed by atoms with Gasteiger partial charge < -0.3 is 10.2 Å². The molecule has 1 N–H and O–H groups in total. The van der Waals surface area contributed by atoms with Crippen LogP contribution in [0.25, 0.3) is 0 Å². The van der Waals surface area contributed by atoms with Crippen LogP contribution >= 0.6 is 0 Å². The van der Waals surface area contributed by atoms with Gasteiger partial charge in [0.15, 0.2) is 9.84 Å². The van der Waals surface area contributed by atoms with Crippen LogP contribution in [0.4, 0.5) is 5.69 Å². The van der Waals surface area contributed by atoms with Gasteiger partial charge >= 0.3 is 0 Å². The zero-order valence-electron chi connectivity index (χ0n) is 15.3. The van der Waals surface area contributed by atoms with Gasteiger partial charge in [-0.3, -0.25) is 9.59 Å². The van der Waals surface area contributed by atoms with Gasteiger partial charge in [-0.1, -0.05) is 25.1 Å². The van der Waals surface area contributed by atoms with Gasteiger partial charge in [0.25, 0.3) is 0 Å². The number of sulfone groups is 1. The number of nitrogens with zero attached hydrogens (tertiary/aromatic N) is 1. The Labute approximate surface area is 154 Å². The SMILES string of the molecule is CCc1ccccc1NC(=O)C1CC1C(=O)N(CC)C1CCS(=O)(=O)C1. The molecule has 3 unspecified atom stereocenters. The van der Waals surface area contributed by atoms with Crippen molar-refractivity contribution in [2.45, 2.75) is 39.2 Å². The highest BCUT2D eigenvalue weighted by Crippen LogP contribution is 2.41. The van der Waals surface area contributed by atoms with E-state index < -0.39 is 9.84 Å². The van der Waals surface area contributed by atoms with Gasteiger partial charge in [-0.2, -0.15) is 0 Å². The number of amides is 2. The summed E-state index contributed by atoms with van der Waals surface area (Å²) >= 11 is 0. The molecule has 1 heterocycles. The Bertz CT molecular complexity index is 806. The second-order valence-electron chi connectivity index (χ2n) is 7.13. The van der Waals surface area contributed by atoms with Crippen molar-refractivity contribution in [3.63, 3.8) is 0 Å². The van der Waals surface area contributed by atoms with Crippen LogP contribution < -0.4 is 5.32 Å². The van der Waals surface area contributed by atoms with Crippen LogP contribution in [0.5, 0.6) is 0 Å².